The lowest BCUT2D eigenvalue weighted by atomic mass is 9.84. The topological polar surface area (TPSA) is 86.2 Å². The summed E-state index contributed by atoms with van der Waals surface area (Å²) in [7, 11) is -3.82. The molecule has 0 saturated heterocycles. The van der Waals surface area contributed by atoms with E-state index in [0.29, 0.717) is 0 Å². The van der Waals surface area contributed by atoms with Crippen molar-refractivity contribution in [1.29, 1.82) is 0 Å². The van der Waals surface area contributed by atoms with E-state index in [1.165, 1.54) is 0 Å². The zero-order valence-electron chi connectivity index (χ0n) is 15.9. The van der Waals surface area contributed by atoms with Crippen molar-refractivity contribution in [2.45, 2.75) is 21.6 Å². The zero-order chi connectivity index (χ0) is 20.5. The molecule has 0 spiro atoms. The molecule has 2 aliphatic rings. The third-order valence-corrected chi connectivity index (χ3v) is 8.25. The highest BCUT2D eigenvalue weighted by Gasteiger charge is 2.51. The van der Waals surface area contributed by atoms with Crippen LogP contribution in [-0.4, -0.2) is 18.9 Å². The first-order valence-corrected chi connectivity index (χ1v) is 11.1. The molecule has 0 fully saturated rings. The van der Waals surface area contributed by atoms with E-state index < -0.39 is 31.4 Å². The van der Waals surface area contributed by atoms with Gasteiger partial charge in [-0.3, -0.25) is 0 Å². The molecule has 0 saturated carbocycles. The van der Waals surface area contributed by atoms with Crippen LogP contribution in [0.25, 0.3) is 0 Å². The van der Waals surface area contributed by atoms with Crippen LogP contribution in [0, 0.1) is 0 Å². The molecule has 2 aromatic rings. The van der Waals surface area contributed by atoms with Gasteiger partial charge in [-0.2, -0.15) is 0 Å². The Bertz CT molecular complexity index is 1020. The molecule has 0 amide bonds. The molecule has 4 rings (SSSR count). The van der Waals surface area contributed by atoms with E-state index >= 15 is 0 Å². The minimum absolute atomic E-state index is 0.742. The van der Waals surface area contributed by atoms with Crippen LogP contribution in [0.3, 0.4) is 0 Å². The summed E-state index contributed by atoms with van der Waals surface area (Å²) in [5.74, 6) is 0. The van der Waals surface area contributed by atoms with Crippen LogP contribution in [0.15, 0.2) is 109 Å². The number of rotatable bonds is 4. The molecular formula is C24H24N2O2S. The van der Waals surface area contributed by atoms with Crippen LogP contribution in [0.5, 0.6) is 0 Å². The maximum Gasteiger partial charge on any atom is 0.168 e. The minimum atomic E-state index is -3.82. The van der Waals surface area contributed by atoms with Crippen LogP contribution in [0.1, 0.15) is 11.1 Å². The molecule has 4 N–H and O–H groups in total. The Morgan fingerprint density at radius 1 is 0.621 bits per heavy atom. The minimum Gasteiger partial charge on any atom is -0.317 e. The van der Waals surface area contributed by atoms with Crippen molar-refractivity contribution in [3.8, 4) is 0 Å². The predicted molar refractivity (Wildman–Crippen MR) is 118 cm³/mol. The Kier molecular flexibility index (Phi) is 4.90. The van der Waals surface area contributed by atoms with E-state index in [1.807, 2.05) is 60.7 Å². The van der Waals surface area contributed by atoms with Crippen LogP contribution in [-0.2, 0) is 20.9 Å². The summed E-state index contributed by atoms with van der Waals surface area (Å²) in [6.45, 7) is 0. The third kappa shape index (κ3) is 3.21. The van der Waals surface area contributed by atoms with Crippen molar-refractivity contribution < 1.29 is 8.42 Å². The Morgan fingerprint density at radius 3 is 1.38 bits per heavy atom. The highest BCUT2D eigenvalue weighted by atomic mass is 32.2. The van der Waals surface area contributed by atoms with Crippen LogP contribution in [0.4, 0.5) is 0 Å². The number of allylic oxidation sites excluding steroid dienone is 4. The highest BCUT2D eigenvalue weighted by Crippen LogP contribution is 2.39. The molecule has 0 heterocycles. The fourth-order valence-corrected chi connectivity index (χ4v) is 6.61. The van der Waals surface area contributed by atoms with Gasteiger partial charge in [0.15, 0.2) is 9.84 Å². The van der Waals surface area contributed by atoms with Crippen molar-refractivity contribution in [2.75, 3.05) is 0 Å². The highest BCUT2D eigenvalue weighted by molar-refractivity contribution is 7.93. The second-order valence-electron chi connectivity index (χ2n) is 7.52. The molecule has 5 heteroatoms. The van der Waals surface area contributed by atoms with Gasteiger partial charge in [-0.15, -0.1) is 0 Å². The predicted octanol–water partition coefficient (Wildman–Crippen LogP) is 3.10. The Hall–Kier alpha value is -2.73. The van der Waals surface area contributed by atoms with Gasteiger partial charge >= 0.3 is 0 Å². The van der Waals surface area contributed by atoms with Crippen molar-refractivity contribution in [3.05, 3.63) is 120 Å². The van der Waals surface area contributed by atoms with Crippen LogP contribution in [0.2, 0.25) is 0 Å². The van der Waals surface area contributed by atoms with E-state index in [9.17, 15) is 8.42 Å². The van der Waals surface area contributed by atoms with Gasteiger partial charge in [0, 0.05) is 0 Å². The van der Waals surface area contributed by atoms with Gasteiger partial charge in [0.05, 0.1) is 11.1 Å². The summed E-state index contributed by atoms with van der Waals surface area (Å²) in [6.07, 6.45) is 13.9. The third-order valence-electron chi connectivity index (χ3n) is 5.74. The molecule has 4 atom stereocenters. The number of hydrogen-bond acceptors (Lipinski definition) is 4. The van der Waals surface area contributed by atoms with E-state index in [1.54, 1.807) is 48.6 Å². The average molecular weight is 405 g/mol. The standard InChI is InChI=1S/C24H24N2O2S/c25-23(19-11-3-1-4-12-19)17-9-7-15-21(23)29(27,28)22-16-8-10-18-24(22,26)20-13-5-2-6-14-20/h1-18,21-22H,25-26H2. The van der Waals surface area contributed by atoms with Gasteiger partial charge in [0.1, 0.15) is 10.5 Å². The smallest absolute Gasteiger partial charge is 0.168 e. The molecule has 2 aromatic carbocycles. The van der Waals surface area contributed by atoms with E-state index in [-0.39, 0.29) is 0 Å². The maximum atomic E-state index is 14.0. The lowest BCUT2D eigenvalue weighted by Gasteiger charge is -2.41. The van der Waals surface area contributed by atoms with Gasteiger partial charge in [0.25, 0.3) is 0 Å². The van der Waals surface area contributed by atoms with Gasteiger partial charge in [-0.25, -0.2) is 8.42 Å². The SMILES string of the molecule is NC1(c2ccccc2)C=CC=CC1S(=O)(=O)C1C=CC=CC1(N)c1ccccc1. The van der Waals surface area contributed by atoms with Gasteiger partial charge < -0.3 is 11.5 Å². The van der Waals surface area contributed by atoms with Gasteiger partial charge in [-0.1, -0.05) is 109 Å². The van der Waals surface area contributed by atoms with E-state index in [2.05, 4.69) is 0 Å². The molecule has 0 aromatic heterocycles. The Balaban J connectivity index is 1.83. The quantitative estimate of drug-likeness (QED) is 0.820. The molecule has 0 bridgehead atoms. The van der Waals surface area contributed by atoms with Crippen molar-refractivity contribution >= 4 is 9.84 Å². The first-order chi connectivity index (χ1) is 13.9. The summed E-state index contributed by atoms with van der Waals surface area (Å²) in [5.41, 5.74) is 12.6. The second-order valence-corrected chi connectivity index (χ2v) is 9.71. The van der Waals surface area contributed by atoms with Crippen molar-refractivity contribution in [3.63, 3.8) is 0 Å². The number of hydrogen-bond donors (Lipinski definition) is 2. The Morgan fingerprint density at radius 2 is 1.00 bits per heavy atom. The molecule has 0 aliphatic heterocycles. The normalized spacial score (nSPS) is 31.1. The van der Waals surface area contributed by atoms with Gasteiger partial charge in [-0.05, 0) is 11.1 Å². The largest absolute Gasteiger partial charge is 0.317 e. The summed E-state index contributed by atoms with van der Waals surface area (Å²) in [4.78, 5) is 0. The number of sulfone groups is 1. The van der Waals surface area contributed by atoms with Crippen LogP contribution >= 0.6 is 0 Å². The summed E-state index contributed by atoms with van der Waals surface area (Å²) >= 11 is 0. The van der Waals surface area contributed by atoms with Crippen LogP contribution < -0.4 is 11.5 Å². The van der Waals surface area contributed by atoms with Crippen molar-refractivity contribution in [2.24, 2.45) is 11.5 Å². The lowest BCUT2D eigenvalue weighted by Crippen LogP contribution is -2.58. The molecule has 4 nitrogen and oxygen atoms in total. The zero-order valence-corrected chi connectivity index (χ0v) is 16.7. The molecule has 0 radical (unpaired) electrons. The number of nitrogens with two attached hydrogens (primary N) is 2. The summed E-state index contributed by atoms with van der Waals surface area (Å²) in [5, 5.41) is -1.90. The summed E-state index contributed by atoms with van der Waals surface area (Å²) < 4.78 is 28.0. The fraction of sp³-hybridized carbons (Fsp3) is 0.167. The molecular weight excluding hydrogens is 380 g/mol. The number of benzene rings is 2. The lowest BCUT2D eigenvalue weighted by molar-refractivity contribution is 0.489. The van der Waals surface area contributed by atoms with Gasteiger partial charge in [0.2, 0.25) is 0 Å². The molecule has 148 valence electrons. The van der Waals surface area contributed by atoms with E-state index in [4.69, 9.17) is 11.5 Å². The molecule has 29 heavy (non-hydrogen) atoms. The first-order valence-electron chi connectivity index (χ1n) is 9.52. The average Bonchev–Trinajstić information content (AvgIpc) is 2.75. The van der Waals surface area contributed by atoms with Crippen molar-refractivity contribution in [1.82, 2.24) is 0 Å². The second kappa shape index (κ2) is 7.26. The fourth-order valence-electron chi connectivity index (χ4n) is 4.16. The molecule has 4 unspecified atom stereocenters. The monoisotopic (exact) mass is 404 g/mol. The van der Waals surface area contributed by atoms with E-state index in [0.717, 1.165) is 11.1 Å². The first kappa shape index (κ1) is 19.6. The maximum absolute atomic E-state index is 14.0. The summed E-state index contributed by atoms with van der Waals surface area (Å²) in [6, 6.07) is 18.6. The molecule has 2 aliphatic carbocycles. The Labute approximate surface area is 171 Å².